The molecular weight excluding hydrogens is 315 g/mol. The fraction of sp³-hybridized carbons (Fsp3) is 0.333. The molecule has 0 N–H and O–H groups in total. The van der Waals surface area contributed by atoms with E-state index < -0.39 is 17.2 Å². The first-order valence-electron chi connectivity index (χ1n) is 7.62. The molecule has 2 aromatic rings. The highest BCUT2D eigenvalue weighted by atomic mass is 32.1. The fourth-order valence-corrected chi connectivity index (χ4v) is 3.84. The summed E-state index contributed by atoms with van der Waals surface area (Å²) in [5.41, 5.74) is -0.577. The van der Waals surface area contributed by atoms with Gasteiger partial charge in [0.2, 0.25) is 5.78 Å². The highest BCUT2D eigenvalue weighted by molar-refractivity contribution is 7.12. The van der Waals surface area contributed by atoms with Crippen molar-refractivity contribution in [1.82, 2.24) is 0 Å². The SMILES string of the molecule is O=C(COC(=O)C1(c2ccccc2F)CCCC1)c1cccs1. The number of thiophene rings is 1. The third-order valence-electron chi connectivity index (χ3n) is 4.37. The molecule has 0 saturated heterocycles. The van der Waals surface area contributed by atoms with Gasteiger partial charge in [-0.3, -0.25) is 9.59 Å². The van der Waals surface area contributed by atoms with Crippen LogP contribution in [0.2, 0.25) is 0 Å². The summed E-state index contributed by atoms with van der Waals surface area (Å²) in [7, 11) is 0. The molecule has 0 radical (unpaired) electrons. The largest absolute Gasteiger partial charge is 0.457 e. The highest BCUT2D eigenvalue weighted by Gasteiger charge is 2.45. The first kappa shape index (κ1) is 15.9. The van der Waals surface area contributed by atoms with E-state index >= 15 is 0 Å². The summed E-state index contributed by atoms with van der Waals surface area (Å²) >= 11 is 1.31. The molecule has 5 heteroatoms. The van der Waals surface area contributed by atoms with Crippen molar-refractivity contribution in [2.24, 2.45) is 0 Å². The maximum Gasteiger partial charge on any atom is 0.317 e. The van der Waals surface area contributed by atoms with Crippen LogP contribution in [-0.4, -0.2) is 18.4 Å². The van der Waals surface area contributed by atoms with Gasteiger partial charge in [-0.25, -0.2) is 4.39 Å². The summed E-state index contributed by atoms with van der Waals surface area (Å²) in [5.74, 6) is -1.11. The Morgan fingerprint density at radius 3 is 2.52 bits per heavy atom. The molecule has 1 aliphatic carbocycles. The minimum Gasteiger partial charge on any atom is -0.457 e. The van der Waals surface area contributed by atoms with Crippen LogP contribution < -0.4 is 0 Å². The predicted molar refractivity (Wildman–Crippen MR) is 86.2 cm³/mol. The average molecular weight is 332 g/mol. The van der Waals surface area contributed by atoms with Crippen LogP contribution in [0.1, 0.15) is 40.9 Å². The minimum atomic E-state index is -0.957. The molecule has 0 unspecified atom stereocenters. The van der Waals surface area contributed by atoms with Crippen molar-refractivity contribution in [2.45, 2.75) is 31.1 Å². The standard InChI is InChI=1S/C18H17FO3S/c19-14-7-2-1-6-13(14)18(9-3-4-10-18)17(21)22-12-15(20)16-8-5-11-23-16/h1-2,5-8,11H,3-4,9-10,12H2. The van der Waals surface area contributed by atoms with E-state index in [4.69, 9.17) is 4.74 Å². The molecule has 3 nitrogen and oxygen atoms in total. The molecule has 1 aromatic heterocycles. The zero-order chi connectivity index (χ0) is 16.3. The summed E-state index contributed by atoms with van der Waals surface area (Å²) in [5, 5.41) is 1.80. The van der Waals surface area contributed by atoms with Crippen LogP contribution in [-0.2, 0) is 14.9 Å². The lowest BCUT2D eigenvalue weighted by atomic mass is 9.78. The summed E-state index contributed by atoms with van der Waals surface area (Å²) in [4.78, 5) is 25.2. The fourth-order valence-electron chi connectivity index (χ4n) is 3.19. The monoisotopic (exact) mass is 332 g/mol. The maximum absolute atomic E-state index is 14.2. The van der Waals surface area contributed by atoms with E-state index in [1.54, 1.807) is 35.7 Å². The van der Waals surface area contributed by atoms with Crippen molar-refractivity contribution < 1.29 is 18.7 Å². The summed E-state index contributed by atoms with van der Waals surface area (Å²) < 4.78 is 19.5. The van der Waals surface area contributed by atoms with Crippen molar-refractivity contribution >= 4 is 23.1 Å². The lowest BCUT2D eigenvalue weighted by Crippen LogP contribution is -2.36. The van der Waals surface area contributed by atoms with Gasteiger partial charge in [-0.2, -0.15) is 0 Å². The number of esters is 1. The zero-order valence-corrected chi connectivity index (χ0v) is 13.4. The summed E-state index contributed by atoms with van der Waals surface area (Å²) in [6.45, 7) is -0.296. The lowest BCUT2D eigenvalue weighted by molar-refractivity contribution is -0.149. The predicted octanol–water partition coefficient (Wildman–Crippen LogP) is 4.13. The van der Waals surface area contributed by atoms with Crippen LogP contribution in [0.4, 0.5) is 4.39 Å². The zero-order valence-electron chi connectivity index (χ0n) is 12.6. The van der Waals surface area contributed by atoms with Crippen LogP contribution in [0.5, 0.6) is 0 Å². The number of hydrogen-bond donors (Lipinski definition) is 0. The van der Waals surface area contributed by atoms with Gasteiger partial charge in [-0.1, -0.05) is 37.1 Å². The van der Waals surface area contributed by atoms with Crippen LogP contribution in [0, 0.1) is 5.82 Å². The number of ether oxygens (including phenoxy) is 1. The Kier molecular flexibility index (Phi) is 4.57. The Morgan fingerprint density at radius 1 is 1.13 bits per heavy atom. The van der Waals surface area contributed by atoms with Gasteiger partial charge in [0, 0.05) is 5.56 Å². The molecular formula is C18H17FO3S. The number of ketones is 1. The van der Waals surface area contributed by atoms with E-state index in [9.17, 15) is 14.0 Å². The first-order valence-corrected chi connectivity index (χ1v) is 8.50. The van der Waals surface area contributed by atoms with Gasteiger partial charge in [0.05, 0.1) is 10.3 Å². The molecule has 23 heavy (non-hydrogen) atoms. The second-order valence-corrected chi connectivity index (χ2v) is 6.69. The molecule has 0 bridgehead atoms. The summed E-state index contributed by atoms with van der Waals surface area (Å²) in [6, 6.07) is 9.80. The van der Waals surface area contributed by atoms with Gasteiger partial charge in [-0.05, 0) is 30.4 Å². The Balaban J connectivity index is 1.78. The van der Waals surface area contributed by atoms with E-state index in [0.717, 1.165) is 12.8 Å². The third kappa shape index (κ3) is 3.06. The van der Waals surface area contributed by atoms with Crippen LogP contribution >= 0.6 is 11.3 Å². The lowest BCUT2D eigenvalue weighted by Gasteiger charge is -2.27. The smallest absolute Gasteiger partial charge is 0.317 e. The van der Waals surface area contributed by atoms with E-state index in [1.165, 1.54) is 17.4 Å². The number of halogens is 1. The number of hydrogen-bond acceptors (Lipinski definition) is 4. The van der Waals surface area contributed by atoms with Gasteiger partial charge in [0.15, 0.2) is 6.61 Å². The molecule has 1 heterocycles. The van der Waals surface area contributed by atoms with E-state index in [2.05, 4.69) is 0 Å². The second-order valence-electron chi connectivity index (χ2n) is 5.75. The van der Waals surface area contributed by atoms with Gasteiger partial charge >= 0.3 is 5.97 Å². The second kappa shape index (κ2) is 6.62. The molecule has 0 amide bonds. The number of Topliss-reactive ketones (excluding diaryl/α,β-unsaturated/α-hetero) is 1. The van der Waals surface area contributed by atoms with Gasteiger partial charge < -0.3 is 4.74 Å². The molecule has 0 atom stereocenters. The number of carbonyl (C=O) groups excluding carboxylic acids is 2. The number of rotatable bonds is 5. The molecule has 1 aliphatic rings. The van der Waals surface area contributed by atoms with E-state index in [-0.39, 0.29) is 12.4 Å². The van der Waals surface area contributed by atoms with Crippen LogP contribution in [0.3, 0.4) is 0 Å². The first-order chi connectivity index (χ1) is 11.1. The molecule has 0 aliphatic heterocycles. The molecule has 3 rings (SSSR count). The van der Waals surface area contributed by atoms with Crippen LogP contribution in [0.25, 0.3) is 0 Å². The van der Waals surface area contributed by atoms with Crippen molar-refractivity contribution in [3.8, 4) is 0 Å². The Bertz CT molecular complexity index is 703. The molecule has 1 fully saturated rings. The summed E-state index contributed by atoms with van der Waals surface area (Å²) in [6.07, 6.45) is 2.81. The quantitative estimate of drug-likeness (QED) is 0.611. The third-order valence-corrected chi connectivity index (χ3v) is 5.28. The molecule has 1 saturated carbocycles. The minimum absolute atomic E-state index is 0.227. The molecule has 1 aromatic carbocycles. The highest BCUT2D eigenvalue weighted by Crippen LogP contribution is 2.43. The van der Waals surface area contributed by atoms with E-state index in [1.807, 2.05) is 0 Å². The number of carbonyl (C=O) groups is 2. The Labute approximate surface area is 138 Å². The number of benzene rings is 1. The Hall–Kier alpha value is -2.01. The average Bonchev–Trinajstić information content (AvgIpc) is 3.24. The maximum atomic E-state index is 14.2. The normalized spacial score (nSPS) is 16.2. The van der Waals surface area contributed by atoms with E-state index in [0.29, 0.717) is 23.3 Å². The van der Waals surface area contributed by atoms with Crippen molar-refractivity contribution in [1.29, 1.82) is 0 Å². The van der Waals surface area contributed by atoms with Crippen molar-refractivity contribution in [2.75, 3.05) is 6.61 Å². The van der Waals surface area contributed by atoms with Crippen LogP contribution in [0.15, 0.2) is 41.8 Å². The van der Waals surface area contributed by atoms with Gasteiger partial charge in [0.1, 0.15) is 5.82 Å². The topological polar surface area (TPSA) is 43.4 Å². The molecule has 120 valence electrons. The van der Waals surface area contributed by atoms with Crippen molar-refractivity contribution in [3.63, 3.8) is 0 Å². The van der Waals surface area contributed by atoms with Crippen molar-refractivity contribution in [3.05, 3.63) is 58.0 Å². The molecule has 0 spiro atoms. The van der Waals surface area contributed by atoms with Gasteiger partial charge in [-0.15, -0.1) is 11.3 Å². The Morgan fingerprint density at radius 2 is 1.87 bits per heavy atom. The van der Waals surface area contributed by atoms with Gasteiger partial charge in [0.25, 0.3) is 0 Å².